The average molecular weight is 352 g/mol. The van der Waals surface area contributed by atoms with Gasteiger partial charge in [0, 0.05) is 41.3 Å². The van der Waals surface area contributed by atoms with Gasteiger partial charge in [-0.15, -0.1) is 0 Å². The highest BCUT2D eigenvalue weighted by atomic mass is 32.1. The monoisotopic (exact) mass is 352 g/mol. The van der Waals surface area contributed by atoms with Crippen LogP contribution < -0.4 is 0 Å². The number of hydrogen-bond donors (Lipinski definition) is 2. The lowest BCUT2D eigenvalue weighted by atomic mass is 9.93. The number of rotatable bonds is 6. The van der Waals surface area contributed by atoms with Gasteiger partial charge in [-0.1, -0.05) is 24.3 Å². The fraction of sp³-hybridized carbons (Fsp3) is 0.250. The van der Waals surface area contributed by atoms with Gasteiger partial charge in [-0.3, -0.25) is 14.8 Å². The van der Waals surface area contributed by atoms with E-state index in [9.17, 15) is 4.79 Å². The molecule has 25 heavy (non-hydrogen) atoms. The number of aliphatic carboxylic acids is 1. The van der Waals surface area contributed by atoms with E-state index in [1.165, 1.54) is 0 Å². The molecule has 5 heteroatoms. The van der Waals surface area contributed by atoms with Crippen molar-refractivity contribution in [2.45, 2.75) is 25.7 Å². The summed E-state index contributed by atoms with van der Waals surface area (Å²) >= 11 is 4.45. The Morgan fingerprint density at radius 2 is 1.96 bits per heavy atom. The van der Waals surface area contributed by atoms with E-state index in [0.29, 0.717) is 12.2 Å². The predicted molar refractivity (Wildman–Crippen MR) is 104 cm³/mol. The minimum Gasteiger partial charge on any atom is -0.481 e. The maximum atomic E-state index is 10.7. The Bertz CT molecular complexity index is 843. The zero-order valence-electron chi connectivity index (χ0n) is 13.9. The number of benzene rings is 1. The van der Waals surface area contributed by atoms with Crippen LogP contribution in [0.25, 0.3) is 5.57 Å². The zero-order valence-corrected chi connectivity index (χ0v) is 14.7. The number of carboxylic acid groups (broad SMARTS) is 1. The number of hydrogen-bond acceptors (Lipinski definition) is 4. The van der Waals surface area contributed by atoms with Crippen molar-refractivity contribution in [3.8, 4) is 0 Å². The molecule has 1 aromatic carbocycles. The summed E-state index contributed by atoms with van der Waals surface area (Å²) in [6, 6.07) is 10.1. The number of unbranched alkanes of at least 4 members (excludes halogenated alkanes) is 2. The number of carboxylic acids is 1. The minimum absolute atomic E-state index is 0.213. The lowest BCUT2D eigenvalue weighted by Crippen LogP contribution is -2.05. The van der Waals surface area contributed by atoms with E-state index in [0.717, 1.165) is 46.5 Å². The summed E-state index contributed by atoms with van der Waals surface area (Å²) < 4.78 is 0. The Kier molecular flexibility index (Phi) is 5.66. The molecule has 0 amide bonds. The molecule has 0 radical (unpaired) electrons. The number of nitrogens with zero attached hydrogens (tertiary/aromatic N) is 2. The fourth-order valence-electron chi connectivity index (χ4n) is 3.02. The van der Waals surface area contributed by atoms with Crippen molar-refractivity contribution < 1.29 is 9.90 Å². The Labute approximate surface area is 152 Å². The minimum atomic E-state index is -0.742. The Hall–Kier alpha value is -2.40. The molecule has 0 bridgehead atoms. The highest BCUT2D eigenvalue weighted by Gasteiger charge is 2.19. The summed E-state index contributed by atoms with van der Waals surface area (Å²) in [5, 5.41) is 8.77. The summed E-state index contributed by atoms with van der Waals surface area (Å²) in [4.78, 5) is 19.8. The molecule has 0 fully saturated rings. The summed E-state index contributed by atoms with van der Waals surface area (Å²) in [5.41, 5.74) is 6.15. The van der Waals surface area contributed by atoms with Crippen LogP contribution in [0.2, 0.25) is 0 Å². The van der Waals surface area contributed by atoms with Crippen LogP contribution in [0.1, 0.15) is 42.4 Å². The smallest absolute Gasteiger partial charge is 0.303 e. The lowest BCUT2D eigenvalue weighted by Gasteiger charge is -2.11. The van der Waals surface area contributed by atoms with Gasteiger partial charge in [0.15, 0.2) is 0 Å². The first-order chi connectivity index (χ1) is 12.2. The molecule has 128 valence electrons. The molecular weight excluding hydrogens is 332 g/mol. The van der Waals surface area contributed by atoms with Gasteiger partial charge in [0.05, 0.1) is 11.4 Å². The second-order valence-electron chi connectivity index (χ2n) is 5.91. The van der Waals surface area contributed by atoms with Crippen LogP contribution in [0.4, 0.5) is 5.69 Å². The third kappa shape index (κ3) is 3.99. The van der Waals surface area contributed by atoms with Crippen LogP contribution in [-0.4, -0.2) is 27.5 Å². The maximum Gasteiger partial charge on any atom is 0.303 e. The van der Waals surface area contributed by atoms with Crippen LogP contribution in [0.15, 0.2) is 53.8 Å². The molecule has 0 atom stereocenters. The predicted octanol–water partition coefficient (Wildman–Crippen LogP) is 4.52. The van der Waals surface area contributed by atoms with Crippen LogP contribution >= 0.6 is 12.6 Å². The van der Waals surface area contributed by atoms with Crippen molar-refractivity contribution in [2.75, 3.05) is 5.75 Å². The molecule has 0 unspecified atom stereocenters. The largest absolute Gasteiger partial charge is 0.481 e. The number of allylic oxidation sites excluding steroid dienone is 1. The van der Waals surface area contributed by atoms with Crippen LogP contribution in [0.5, 0.6) is 0 Å². The SMILES string of the molecule is O=C(O)CCCCC=C1c2ccccc2N=C(CS)c2ccncc21. The van der Waals surface area contributed by atoms with Gasteiger partial charge in [0.25, 0.3) is 0 Å². The second kappa shape index (κ2) is 8.12. The topological polar surface area (TPSA) is 62.5 Å². The van der Waals surface area contributed by atoms with Crippen molar-refractivity contribution in [3.63, 3.8) is 0 Å². The van der Waals surface area contributed by atoms with E-state index >= 15 is 0 Å². The van der Waals surface area contributed by atoms with Gasteiger partial charge in [0.2, 0.25) is 0 Å². The van der Waals surface area contributed by atoms with E-state index < -0.39 is 5.97 Å². The van der Waals surface area contributed by atoms with E-state index in [-0.39, 0.29) is 6.42 Å². The number of aromatic nitrogens is 1. The number of fused-ring (bicyclic) bond motifs is 2. The molecule has 0 aliphatic carbocycles. The molecule has 1 aliphatic rings. The standard InChI is InChI=1S/C20H20N2O2S/c23-20(24)9-3-1-2-6-14-15-7-4-5-8-18(15)22-19(13-25)16-10-11-21-12-17(14)16/h4-8,10-12,25H,1-3,9,13H2,(H,23,24). The molecule has 0 spiro atoms. The maximum absolute atomic E-state index is 10.7. The molecule has 1 aliphatic heterocycles. The van der Waals surface area contributed by atoms with E-state index in [1.807, 2.05) is 30.5 Å². The second-order valence-corrected chi connectivity index (χ2v) is 6.23. The van der Waals surface area contributed by atoms with Crippen molar-refractivity contribution >= 4 is 35.6 Å². The first kappa shape index (κ1) is 17.4. The molecule has 1 aromatic heterocycles. The number of pyridine rings is 1. The fourth-order valence-corrected chi connectivity index (χ4v) is 3.26. The van der Waals surface area contributed by atoms with Crippen molar-refractivity contribution in [1.82, 2.24) is 4.98 Å². The first-order valence-corrected chi connectivity index (χ1v) is 8.98. The molecule has 1 N–H and O–H groups in total. The average Bonchev–Trinajstić information content (AvgIpc) is 2.76. The molecule has 2 aromatic rings. The van der Waals surface area contributed by atoms with Gasteiger partial charge >= 0.3 is 5.97 Å². The van der Waals surface area contributed by atoms with E-state index in [2.05, 4.69) is 29.8 Å². The molecule has 0 saturated carbocycles. The lowest BCUT2D eigenvalue weighted by molar-refractivity contribution is -0.137. The molecule has 2 heterocycles. The van der Waals surface area contributed by atoms with Gasteiger partial charge in [-0.05, 0) is 37.0 Å². The van der Waals surface area contributed by atoms with Crippen LogP contribution in [0.3, 0.4) is 0 Å². The van der Waals surface area contributed by atoms with Gasteiger partial charge in [-0.2, -0.15) is 12.6 Å². The van der Waals surface area contributed by atoms with Crippen molar-refractivity contribution in [3.05, 3.63) is 65.5 Å². The Morgan fingerprint density at radius 1 is 1.12 bits per heavy atom. The van der Waals surface area contributed by atoms with Crippen molar-refractivity contribution in [2.24, 2.45) is 4.99 Å². The van der Waals surface area contributed by atoms with Crippen LogP contribution in [-0.2, 0) is 4.79 Å². The van der Waals surface area contributed by atoms with Gasteiger partial charge in [-0.25, -0.2) is 0 Å². The number of carbonyl (C=O) groups is 1. The summed E-state index contributed by atoms with van der Waals surface area (Å²) in [6.45, 7) is 0. The summed E-state index contributed by atoms with van der Waals surface area (Å²) in [7, 11) is 0. The van der Waals surface area contributed by atoms with E-state index in [4.69, 9.17) is 10.1 Å². The Balaban J connectivity index is 2.00. The number of para-hydroxylation sites is 1. The highest BCUT2D eigenvalue weighted by molar-refractivity contribution is 7.81. The van der Waals surface area contributed by atoms with Gasteiger partial charge < -0.3 is 5.11 Å². The molecule has 4 nitrogen and oxygen atoms in total. The molecular formula is C20H20N2O2S. The van der Waals surface area contributed by atoms with Crippen molar-refractivity contribution in [1.29, 1.82) is 0 Å². The zero-order chi connectivity index (χ0) is 17.6. The first-order valence-electron chi connectivity index (χ1n) is 8.35. The normalized spacial score (nSPS) is 14.4. The summed E-state index contributed by atoms with van der Waals surface area (Å²) in [5.74, 6) is -0.189. The number of aliphatic imine (C=N–C) groups is 1. The third-order valence-electron chi connectivity index (χ3n) is 4.21. The molecule has 0 saturated heterocycles. The Morgan fingerprint density at radius 3 is 2.76 bits per heavy atom. The number of thiol groups is 1. The molecule has 3 rings (SSSR count). The quantitative estimate of drug-likeness (QED) is 0.593. The van der Waals surface area contributed by atoms with Crippen LogP contribution in [0, 0.1) is 0 Å². The van der Waals surface area contributed by atoms with Gasteiger partial charge in [0.1, 0.15) is 0 Å². The summed E-state index contributed by atoms with van der Waals surface area (Å²) in [6.07, 6.45) is 8.38. The van der Waals surface area contributed by atoms with E-state index in [1.54, 1.807) is 6.20 Å². The highest BCUT2D eigenvalue weighted by Crippen LogP contribution is 2.36. The third-order valence-corrected chi connectivity index (χ3v) is 4.51.